The van der Waals surface area contributed by atoms with Crippen molar-refractivity contribution in [2.24, 2.45) is 0 Å². The summed E-state index contributed by atoms with van der Waals surface area (Å²) in [5.74, 6) is 0. The molecule has 0 aromatic heterocycles. The van der Waals surface area contributed by atoms with Gasteiger partial charge in [0.1, 0.15) is 0 Å². The van der Waals surface area contributed by atoms with Crippen LogP contribution in [-0.4, -0.2) is 40.1 Å². The summed E-state index contributed by atoms with van der Waals surface area (Å²) in [4.78, 5) is 0. The SMILES string of the molecule is C[P+]1(C)[B][P+](C)(C)[B]1. The van der Waals surface area contributed by atoms with Gasteiger partial charge in [0, 0.05) is 40.7 Å². The first-order valence-electron chi connectivity index (χ1n) is 2.82. The van der Waals surface area contributed by atoms with Gasteiger partial charge >= 0.3 is 13.4 Å². The Kier molecular flexibility index (Phi) is 1.54. The molecule has 0 spiro atoms. The average molecular weight is 144 g/mol. The van der Waals surface area contributed by atoms with Gasteiger partial charge in [-0.25, -0.2) is 0 Å². The summed E-state index contributed by atoms with van der Waals surface area (Å²) >= 11 is 0. The smallest absolute Gasteiger partial charge is 0.00433 e. The van der Waals surface area contributed by atoms with Crippen LogP contribution in [0.25, 0.3) is 0 Å². The van der Waals surface area contributed by atoms with E-state index < -0.39 is 14.0 Å². The summed E-state index contributed by atoms with van der Waals surface area (Å²) in [6, 6.07) is 0. The molecule has 0 aliphatic carbocycles. The molecule has 1 aliphatic rings. The van der Waals surface area contributed by atoms with Gasteiger partial charge in [0.15, 0.2) is 0 Å². The Morgan fingerprint density at radius 1 is 0.750 bits per heavy atom. The zero-order valence-electron chi connectivity index (χ0n) is 6.05. The third-order valence-electron chi connectivity index (χ3n) is 1.19. The Morgan fingerprint density at radius 3 is 1.00 bits per heavy atom. The summed E-state index contributed by atoms with van der Waals surface area (Å²) < 4.78 is 0. The van der Waals surface area contributed by atoms with Crippen molar-refractivity contribution in [3.05, 3.63) is 0 Å². The van der Waals surface area contributed by atoms with Crippen molar-refractivity contribution >= 4 is 27.5 Å². The molecule has 1 saturated heterocycles. The summed E-state index contributed by atoms with van der Waals surface area (Å²) in [6.45, 7) is 14.7. The lowest BCUT2D eigenvalue weighted by atomic mass is 10.6. The summed E-state index contributed by atoms with van der Waals surface area (Å²) in [5.41, 5.74) is 0. The lowest BCUT2D eigenvalue weighted by molar-refractivity contribution is 2.20. The minimum atomic E-state index is -0.538. The van der Waals surface area contributed by atoms with Gasteiger partial charge in [-0.2, -0.15) is 0 Å². The van der Waals surface area contributed by atoms with Gasteiger partial charge in [0.2, 0.25) is 0 Å². The molecule has 0 aromatic rings. The number of hydrogen-bond acceptors (Lipinski definition) is 0. The molecule has 1 fully saturated rings. The Hall–Kier alpha value is 0.990. The van der Waals surface area contributed by atoms with Crippen LogP contribution < -0.4 is 0 Å². The van der Waals surface area contributed by atoms with E-state index in [2.05, 4.69) is 40.1 Å². The molecule has 4 heteroatoms. The van der Waals surface area contributed by atoms with E-state index in [1.807, 2.05) is 0 Å². The topological polar surface area (TPSA) is 0 Å². The van der Waals surface area contributed by atoms with E-state index in [1.54, 1.807) is 0 Å². The Labute approximate surface area is 54.8 Å². The summed E-state index contributed by atoms with van der Waals surface area (Å²) in [7, 11) is -1.08. The number of hydrogen-bond donors (Lipinski definition) is 0. The van der Waals surface area contributed by atoms with Gasteiger partial charge in [-0.15, -0.1) is 0 Å². The third-order valence-corrected chi connectivity index (χ3v) is 10.7. The van der Waals surface area contributed by atoms with E-state index in [0.29, 0.717) is 0 Å². The van der Waals surface area contributed by atoms with Crippen molar-refractivity contribution in [2.45, 2.75) is 0 Å². The van der Waals surface area contributed by atoms with E-state index >= 15 is 0 Å². The van der Waals surface area contributed by atoms with Gasteiger partial charge in [0.05, 0.1) is 0 Å². The maximum Gasteiger partial charge on any atom is 0.559 e. The monoisotopic (exact) mass is 144 g/mol. The second-order valence-electron chi connectivity index (χ2n) is 3.49. The van der Waals surface area contributed by atoms with Crippen LogP contribution in [0.5, 0.6) is 0 Å². The fourth-order valence-corrected chi connectivity index (χ4v) is 13.7. The highest BCUT2D eigenvalue weighted by molar-refractivity contribution is 8.65. The molecule has 0 aromatic carbocycles. The normalized spacial score (nSPS) is 29.5. The Balaban J connectivity index is 2.42. The van der Waals surface area contributed by atoms with Gasteiger partial charge in [-0.05, 0) is 0 Å². The molecule has 0 N–H and O–H groups in total. The van der Waals surface area contributed by atoms with Crippen LogP contribution in [0.15, 0.2) is 0 Å². The zero-order valence-corrected chi connectivity index (χ0v) is 7.84. The van der Waals surface area contributed by atoms with Crippen molar-refractivity contribution in [1.82, 2.24) is 0 Å². The fourth-order valence-electron chi connectivity index (χ4n) is 1.52. The first-order valence-corrected chi connectivity index (χ1v) is 8.46. The van der Waals surface area contributed by atoms with E-state index in [9.17, 15) is 0 Å². The first-order chi connectivity index (χ1) is 3.41. The van der Waals surface area contributed by atoms with Crippen LogP contribution in [0, 0.1) is 0 Å². The van der Waals surface area contributed by atoms with Crippen LogP contribution >= 0.6 is 14.0 Å². The molecular weight excluding hydrogens is 132 g/mol. The minimum Gasteiger partial charge on any atom is 0.00433 e. The molecule has 2 radical (unpaired) electrons. The predicted molar refractivity (Wildman–Crippen MR) is 49.0 cm³/mol. The second-order valence-corrected chi connectivity index (χ2v) is 11.9. The van der Waals surface area contributed by atoms with Crippen LogP contribution in [0.3, 0.4) is 0 Å². The largest absolute Gasteiger partial charge is 0.559 e. The van der Waals surface area contributed by atoms with Crippen molar-refractivity contribution in [1.29, 1.82) is 0 Å². The van der Waals surface area contributed by atoms with Crippen LogP contribution in [0.4, 0.5) is 0 Å². The molecule has 1 rings (SSSR count). The van der Waals surface area contributed by atoms with Gasteiger partial charge < -0.3 is 0 Å². The average Bonchev–Trinajstić information content (AvgIpc) is 1.20. The maximum absolute atomic E-state index is 2.60. The molecule has 0 amide bonds. The maximum atomic E-state index is 2.60. The molecule has 0 bridgehead atoms. The molecule has 1 aliphatic heterocycles. The van der Waals surface area contributed by atoms with Crippen molar-refractivity contribution in [3.8, 4) is 0 Å². The van der Waals surface area contributed by atoms with Crippen molar-refractivity contribution in [3.63, 3.8) is 0 Å². The molecule has 8 heavy (non-hydrogen) atoms. The molecular formula is C4H12B2P2+2. The van der Waals surface area contributed by atoms with E-state index in [4.69, 9.17) is 0 Å². The molecule has 0 saturated carbocycles. The van der Waals surface area contributed by atoms with E-state index in [-0.39, 0.29) is 0 Å². The Bertz CT molecular complexity index is 88.6. The standard InChI is InChI=1S/C4H12B2P2/c1-7(2)5-8(3,4)6-7/h1-4H3/q+2. The van der Waals surface area contributed by atoms with Crippen LogP contribution in [0.1, 0.15) is 0 Å². The third kappa shape index (κ3) is 1.49. The molecule has 0 nitrogen and oxygen atoms in total. The summed E-state index contributed by atoms with van der Waals surface area (Å²) in [6.07, 6.45) is 0. The molecule has 1 heterocycles. The highest BCUT2D eigenvalue weighted by Crippen LogP contribution is 2.79. The van der Waals surface area contributed by atoms with Gasteiger partial charge in [-0.1, -0.05) is 0 Å². The summed E-state index contributed by atoms with van der Waals surface area (Å²) in [5, 5.41) is 0. The fraction of sp³-hybridized carbons (Fsp3) is 1.00. The second kappa shape index (κ2) is 1.74. The lowest BCUT2D eigenvalue weighted by Gasteiger charge is -2.27. The van der Waals surface area contributed by atoms with Crippen LogP contribution in [-0.2, 0) is 0 Å². The number of rotatable bonds is 0. The molecule has 0 atom stereocenters. The Morgan fingerprint density at radius 2 is 1.00 bits per heavy atom. The van der Waals surface area contributed by atoms with Gasteiger partial charge in [0.25, 0.3) is 0 Å². The molecule has 0 unspecified atom stereocenters. The highest BCUT2D eigenvalue weighted by atomic mass is 31.3. The zero-order chi connectivity index (χ0) is 6.41. The minimum absolute atomic E-state index is 0.538. The van der Waals surface area contributed by atoms with Crippen molar-refractivity contribution < 1.29 is 0 Å². The van der Waals surface area contributed by atoms with Gasteiger partial charge in [-0.3, -0.25) is 0 Å². The quantitative estimate of drug-likeness (QED) is 0.357. The predicted octanol–water partition coefficient (Wildman–Crippen LogP) is 1.62. The van der Waals surface area contributed by atoms with E-state index in [0.717, 1.165) is 0 Å². The van der Waals surface area contributed by atoms with E-state index in [1.165, 1.54) is 0 Å². The first kappa shape index (κ1) is 7.10. The highest BCUT2D eigenvalue weighted by Gasteiger charge is 2.67. The molecule has 42 valence electrons. The van der Waals surface area contributed by atoms with Crippen molar-refractivity contribution in [2.75, 3.05) is 26.7 Å². The lowest BCUT2D eigenvalue weighted by Crippen LogP contribution is -2.25. The van der Waals surface area contributed by atoms with Crippen LogP contribution in [0.2, 0.25) is 0 Å².